The second-order valence-electron chi connectivity index (χ2n) is 4.71. The summed E-state index contributed by atoms with van der Waals surface area (Å²) in [5.74, 6) is 2.48. The number of hydrogen-bond acceptors (Lipinski definition) is 6. The number of oxazole rings is 1. The fourth-order valence-electron chi connectivity index (χ4n) is 2.18. The molecule has 6 heteroatoms. The highest BCUT2D eigenvalue weighted by Crippen LogP contribution is 2.33. The first-order valence-electron chi connectivity index (χ1n) is 6.96. The van der Waals surface area contributed by atoms with Crippen LogP contribution in [0.5, 0.6) is 11.5 Å². The van der Waals surface area contributed by atoms with Gasteiger partial charge >= 0.3 is 0 Å². The van der Waals surface area contributed by atoms with E-state index in [9.17, 15) is 0 Å². The number of nitrogens with one attached hydrogen (secondary N) is 1. The zero-order valence-electron chi connectivity index (χ0n) is 11.9. The van der Waals surface area contributed by atoms with E-state index in [4.69, 9.17) is 13.9 Å². The summed E-state index contributed by atoms with van der Waals surface area (Å²) in [4.78, 5) is 4.12. The molecule has 0 spiro atoms. The molecule has 1 aliphatic heterocycles. The summed E-state index contributed by atoms with van der Waals surface area (Å²) in [6.45, 7) is 1.41. The van der Waals surface area contributed by atoms with Gasteiger partial charge in [-0.25, -0.2) is 4.98 Å². The summed E-state index contributed by atoms with van der Waals surface area (Å²) in [5, 5.41) is 4.00. The van der Waals surface area contributed by atoms with Crippen molar-refractivity contribution >= 4 is 11.8 Å². The molecule has 0 saturated carbocycles. The molecule has 0 aliphatic carbocycles. The van der Waals surface area contributed by atoms with Crippen LogP contribution >= 0.6 is 11.8 Å². The molecule has 0 amide bonds. The molecule has 5 nitrogen and oxygen atoms in total. The number of rotatable bonds is 5. The lowest BCUT2D eigenvalue weighted by Gasteiger charge is -2.17. The number of thioether (sulfide) groups is 1. The predicted molar refractivity (Wildman–Crippen MR) is 81.1 cm³/mol. The molecule has 2 aromatic rings. The summed E-state index contributed by atoms with van der Waals surface area (Å²) in [5.41, 5.74) is 1.17. The largest absolute Gasteiger partial charge is 0.490 e. The van der Waals surface area contributed by atoms with Gasteiger partial charge in [0.05, 0.1) is 19.4 Å². The molecule has 112 valence electrons. The quantitative estimate of drug-likeness (QED) is 0.857. The molecule has 0 bridgehead atoms. The summed E-state index contributed by atoms with van der Waals surface area (Å²) < 4.78 is 16.7. The molecule has 1 atom stereocenters. The van der Waals surface area contributed by atoms with Gasteiger partial charge in [-0.2, -0.15) is 0 Å². The first-order chi connectivity index (χ1) is 10.4. The zero-order valence-corrected chi connectivity index (χ0v) is 12.7. The van der Waals surface area contributed by atoms with Gasteiger partial charge in [0.2, 0.25) is 0 Å². The van der Waals surface area contributed by atoms with Gasteiger partial charge in [-0.05, 0) is 24.7 Å². The monoisotopic (exact) mass is 306 g/mol. The van der Waals surface area contributed by atoms with Gasteiger partial charge in [0.1, 0.15) is 6.26 Å². The average Bonchev–Trinajstić information content (AvgIpc) is 2.92. The Morgan fingerprint density at radius 1 is 1.29 bits per heavy atom. The third-order valence-corrected chi connectivity index (χ3v) is 4.25. The Balaban J connectivity index is 1.72. The van der Waals surface area contributed by atoms with Crippen LogP contribution in [0, 0.1) is 0 Å². The molecular weight excluding hydrogens is 288 g/mol. The number of benzene rings is 1. The maximum absolute atomic E-state index is 5.74. The Bertz CT molecular complexity index is 574. The minimum atomic E-state index is 0.194. The number of aromatic nitrogens is 1. The van der Waals surface area contributed by atoms with Crippen LogP contribution in [0.15, 0.2) is 40.3 Å². The molecule has 1 aromatic heterocycles. The molecule has 1 aliphatic rings. The third-order valence-electron chi connectivity index (χ3n) is 3.31. The predicted octanol–water partition coefficient (Wildman–Crippen LogP) is 2.89. The second kappa shape index (κ2) is 6.87. The van der Waals surface area contributed by atoms with Crippen LogP contribution in [0.3, 0.4) is 0 Å². The third kappa shape index (κ3) is 3.51. The van der Waals surface area contributed by atoms with E-state index in [1.807, 2.05) is 13.1 Å². The van der Waals surface area contributed by atoms with Crippen molar-refractivity contribution in [3.8, 4) is 11.5 Å². The first-order valence-corrected chi connectivity index (χ1v) is 7.94. The number of nitrogens with zero attached hydrogens (tertiary/aromatic N) is 1. The van der Waals surface area contributed by atoms with Crippen LogP contribution in [-0.4, -0.2) is 31.0 Å². The van der Waals surface area contributed by atoms with Gasteiger partial charge in [0.15, 0.2) is 11.5 Å². The molecule has 1 aromatic carbocycles. The summed E-state index contributed by atoms with van der Waals surface area (Å²) in [6, 6.07) is 6.30. The van der Waals surface area contributed by atoms with Crippen molar-refractivity contribution in [3.05, 3.63) is 36.2 Å². The maximum Gasteiger partial charge on any atom is 0.255 e. The van der Waals surface area contributed by atoms with Crippen LogP contribution < -0.4 is 14.8 Å². The SMILES string of the molecule is CNC(CSc1ncco1)c1ccc2c(c1)OCCCO2. The van der Waals surface area contributed by atoms with E-state index in [0.717, 1.165) is 23.7 Å². The molecule has 3 rings (SSSR count). The summed E-state index contributed by atoms with van der Waals surface area (Å²) in [6.07, 6.45) is 4.16. The molecule has 1 N–H and O–H groups in total. The summed E-state index contributed by atoms with van der Waals surface area (Å²) in [7, 11) is 1.95. The van der Waals surface area contributed by atoms with Gasteiger partial charge in [0, 0.05) is 18.2 Å². The van der Waals surface area contributed by atoms with E-state index in [-0.39, 0.29) is 6.04 Å². The van der Waals surface area contributed by atoms with Crippen molar-refractivity contribution < 1.29 is 13.9 Å². The van der Waals surface area contributed by atoms with Gasteiger partial charge in [0.25, 0.3) is 5.22 Å². The lowest BCUT2D eigenvalue weighted by Crippen LogP contribution is -2.18. The molecule has 0 saturated heterocycles. The van der Waals surface area contributed by atoms with Gasteiger partial charge in [-0.15, -0.1) is 0 Å². The van der Waals surface area contributed by atoms with Crippen LogP contribution in [0.1, 0.15) is 18.0 Å². The fraction of sp³-hybridized carbons (Fsp3) is 0.400. The number of ether oxygens (including phenoxy) is 2. The maximum atomic E-state index is 5.74. The topological polar surface area (TPSA) is 56.5 Å². The number of hydrogen-bond donors (Lipinski definition) is 1. The van der Waals surface area contributed by atoms with Crippen LogP contribution in [0.2, 0.25) is 0 Å². The van der Waals surface area contributed by atoms with E-state index in [2.05, 4.69) is 22.4 Å². The van der Waals surface area contributed by atoms with Crippen molar-refractivity contribution in [1.29, 1.82) is 0 Å². The van der Waals surface area contributed by atoms with Crippen molar-refractivity contribution in [2.45, 2.75) is 17.7 Å². The van der Waals surface area contributed by atoms with Crippen LogP contribution in [-0.2, 0) is 0 Å². The molecule has 0 radical (unpaired) electrons. The van der Waals surface area contributed by atoms with Crippen molar-refractivity contribution in [2.24, 2.45) is 0 Å². The highest BCUT2D eigenvalue weighted by molar-refractivity contribution is 7.99. The van der Waals surface area contributed by atoms with Gasteiger partial charge in [-0.3, -0.25) is 0 Å². The molecule has 2 heterocycles. The molecule has 1 unspecified atom stereocenters. The van der Waals surface area contributed by atoms with E-state index in [1.165, 1.54) is 5.56 Å². The van der Waals surface area contributed by atoms with Crippen molar-refractivity contribution in [1.82, 2.24) is 10.3 Å². The first kappa shape index (κ1) is 14.3. The van der Waals surface area contributed by atoms with Gasteiger partial charge in [-0.1, -0.05) is 17.8 Å². The zero-order chi connectivity index (χ0) is 14.5. The fourth-order valence-corrected chi connectivity index (χ4v) is 3.11. The minimum Gasteiger partial charge on any atom is -0.490 e. The molecular formula is C15H18N2O3S. The van der Waals surface area contributed by atoms with Crippen molar-refractivity contribution in [2.75, 3.05) is 26.0 Å². The Morgan fingerprint density at radius 2 is 2.14 bits per heavy atom. The van der Waals surface area contributed by atoms with Gasteiger partial charge < -0.3 is 19.2 Å². The van der Waals surface area contributed by atoms with E-state index < -0.39 is 0 Å². The van der Waals surface area contributed by atoms with E-state index in [0.29, 0.717) is 18.4 Å². The molecule has 0 fully saturated rings. The normalized spacial score (nSPS) is 15.5. The van der Waals surface area contributed by atoms with E-state index in [1.54, 1.807) is 24.2 Å². The Labute approximate surface area is 128 Å². The molecule has 21 heavy (non-hydrogen) atoms. The Kier molecular flexibility index (Phi) is 4.67. The standard InChI is InChI=1S/C15H18N2O3S/c1-16-12(10-21-15-17-5-8-20-15)11-3-4-13-14(9-11)19-7-2-6-18-13/h3-5,8-9,12,16H,2,6-7,10H2,1H3. The van der Waals surface area contributed by atoms with Crippen LogP contribution in [0.4, 0.5) is 0 Å². The highest BCUT2D eigenvalue weighted by atomic mass is 32.2. The summed E-state index contributed by atoms with van der Waals surface area (Å²) >= 11 is 1.58. The van der Waals surface area contributed by atoms with E-state index >= 15 is 0 Å². The Hall–Kier alpha value is -1.66. The lowest BCUT2D eigenvalue weighted by atomic mass is 10.1. The van der Waals surface area contributed by atoms with Crippen LogP contribution in [0.25, 0.3) is 0 Å². The highest BCUT2D eigenvalue weighted by Gasteiger charge is 2.16. The minimum absolute atomic E-state index is 0.194. The van der Waals surface area contributed by atoms with Crippen molar-refractivity contribution in [3.63, 3.8) is 0 Å². The lowest BCUT2D eigenvalue weighted by molar-refractivity contribution is 0.297. The smallest absolute Gasteiger partial charge is 0.255 e. The average molecular weight is 306 g/mol. The Morgan fingerprint density at radius 3 is 2.90 bits per heavy atom. The second-order valence-corrected chi connectivity index (χ2v) is 5.68. The number of fused-ring (bicyclic) bond motifs is 1.